The summed E-state index contributed by atoms with van der Waals surface area (Å²) in [6, 6.07) is 2.76. The van der Waals surface area contributed by atoms with Gasteiger partial charge in [0, 0.05) is 12.4 Å². The molecule has 106 valence electrons. The number of halogens is 4. The van der Waals surface area contributed by atoms with E-state index in [0.29, 0.717) is 0 Å². The van der Waals surface area contributed by atoms with E-state index in [4.69, 9.17) is 11.6 Å². The number of nitrogens with one attached hydrogen (secondary N) is 1. The van der Waals surface area contributed by atoms with E-state index in [-0.39, 0.29) is 16.6 Å². The first-order chi connectivity index (χ1) is 9.25. The third-order valence-corrected chi connectivity index (χ3v) is 2.94. The Morgan fingerprint density at radius 2 is 2.05 bits per heavy atom. The van der Waals surface area contributed by atoms with Crippen molar-refractivity contribution in [2.75, 3.05) is 12.4 Å². The molecule has 1 N–H and O–H groups in total. The summed E-state index contributed by atoms with van der Waals surface area (Å²) < 4.78 is 37.9. The Hall–Kier alpha value is -2.09. The summed E-state index contributed by atoms with van der Waals surface area (Å²) in [5.41, 5.74) is -1.41. The summed E-state index contributed by atoms with van der Waals surface area (Å²) in [5.74, 6) is 0. The maximum atomic E-state index is 12.6. The molecule has 0 spiro atoms. The Labute approximate surface area is 115 Å². The van der Waals surface area contributed by atoms with Gasteiger partial charge in [-0.2, -0.15) is 13.2 Å². The number of fused-ring (bicyclic) bond motifs is 1. The Morgan fingerprint density at radius 3 is 2.55 bits per heavy atom. The first kappa shape index (κ1) is 14.3. The monoisotopic (exact) mass is 305 g/mol. The predicted molar refractivity (Wildman–Crippen MR) is 68.0 cm³/mol. The van der Waals surface area contributed by atoms with Crippen LogP contribution in [0.15, 0.2) is 18.2 Å². The van der Waals surface area contributed by atoms with Gasteiger partial charge in [-0.05, 0) is 18.2 Å². The molecule has 0 amide bonds. The Bertz CT molecular complexity index is 703. The molecule has 0 fully saturated rings. The summed E-state index contributed by atoms with van der Waals surface area (Å²) in [7, 11) is 1.41. The van der Waals surface area contributed by atoms with Gasteiger partial charge in [-0.25, -0.2) is 4.98 Å². The van der Waals surface area contributed by atoms with Gasteiger partial charge in [0.1, 0.15) is 5.69 Å². The normalized spacial score (nSPS) is 11.7. The van der Waals surface area contributed by atoms with Crippen LogP contribution in [0.4, 0.5) is 24.5 Å². The number of anilines is 1. The number of hydrogen-bond donors (Lipinski definition) is 1. The average Bonchev–Trinajstić information content (AvgIpc) is 2.34. The minimum Gasteiger partial charge on any atom is -0.382 e. The van der Waals surface area contributed by atoms with Gasteiger partial charge in [-0.3, -0.25) is 10.1 Å². The van der Waals surface area contributed by atoms with Gasteiger partial charge in [0.15, 0.2) is 0 Å². The van der Waals surface area contributed by atoms with E-state index in [1.54, 1.807) is 0 Å². The highest BCUT2D eigenvalue weighted by molar-refractivity contribution is 6.33. The zero-order valence-electron chi connectivity index (χ0n) is 9.95. The van der Waals surface area contributed by atoms with Crippen molar-refractivity contribution in [3.63, 3.8) is 0 Å². The predicted octanol–water partition coefficient (Wildman–Crippen LogP) is 3.86. The van der Waals surface area contributed by atoms with Gasteiger partial charge in [-0.15, -0.1) is 0 Å². The first-order valence-electron chi connectivity index (χ1n) is 5.28. The second-order valence-electron chi connectivity index (χ2n) is 3.86. The van der Waals surface area contributed by atoms with Gasteiger partial charge in [0.2, 0.25) is 5.15 Å². The van der Waals surface area contributed by atoms with E-state index >= 15 is 0 Å². The summed E-state index contributed by atoms with van der Waals surface area (Å²) in [4.78, 5) is 13.9. The van der Waals surface area contributed by atoms with Crippen LogP contribution in [0.5, 0.6) is 0 Å². The largest absolute Gasteiger partial charge is 0.416 e. The molecule has 2 rings (SSSR count). The van der Waals surface area contributed by atoms with E-state index in [2.05, 4.69) is 10.3 Å². The molecule has 0 aliphatic heterocycles. The summed E-state index contributed by atoms with van der Waals surface area (Å²) in [5, 5.41) is 13.2. The summed E-state index contributed by atoms with van der Waals surface area (Å²) >= 11 is 5.67. The number of benzene rings is 1. The van der Waals surface area contributed by atoms with Crippen LogP contribution in [-0.4, -0.2) is 17.0 Å². The average molecular weight is 306 g/mol. The lowest BCUT2D eigenvalue weighted by Gasteiger charge is -2.11. The third-order valence-electron chi connectivity index (χ3n) is 2.68. The summed E-state index contributed by atoms with van der Waals surface area (Å²) in [6.45, 7) is 0. The molecule has 0 bridgehead atoms. The van der Waals surface area contributed by atoms with Gasteiger partial charge >= 0.3 is 11.9 Å². The second-order valence-corrected chi connectivity index (χ2v) is 4.22. The smallest absolute Gasteiger partial charge is 0.382 e. The Balaban J connectivity index is 2.81. The van der Waals surface area contributed by atoms with Gasteiger partial charge in [-0.1, -0.05) is 11.6 Å². The fourth-order valence-corrected chi connectivity index (χ4v) is 2.08. The molecule has 0 atom stereocenters. The minimum atomic E-state index is -4.52. The van der Waals surface area contributed by atoms with E-state index in [9.17, 15) is 23.3 Å². The quantitative estimate of drug-likeness (QED) is 0.520. The van der Waals surface area contributed by atoms with Crippen molar-refractivity contribution in [3.8, 4) is 0 Å². The van der Waals surface area contributed by atoms with Gasteiger partial charge < -0.3 is 5.32 Å². The highest BCUT2D eigenvalue weighted by Gasteiger charge is 2.31. The molecule has 0 unspecified atom stereocenters. The number of pyridine rings is 1. The SMILES string of the molecule is CNc1c([N+](=O)[O-])c(Cl)nc2cc(C(F)(F)F)ccc12. The molecule has 5 nitrogen and oxygen atoms in total. The van der Waals surface area contributed by atoms with Crippen molar-refractivity contribution in [1.82, 2.24) is 4.98 Å². The van der Waals surface area contributed by atoms with Gasteiger partial charge in [0.25, 0.3) is 0 Å². The second kappa shape index (κ2) is 4.78. The van der Waals surface area contributed by atoms with Crippen molar-refractivity contribution < 1.29 is 18.1 Å². The number of rotatable bonds is 2. The lowest BCUT2D eigenvalue weighted by atomic mass is 10.1. The van der Waals surface area contributed by atoms with Crippen molar-refractivity contribution >= 4 is 33.9 Å². The number of nitrogens with zero attached hydrogens (tertiary/aromatic N) is 2. The Kier molecular flexibility index (Phi) is 3.43. The van der Waals surface area contributed by atoms with Crippen LogP contribution in [0, 0.1) is 10.1 Å². The maximum absolute atomic E-state index is 12.6. The molecule has 1 aromatic carbocycles. The molecule has 9 heteroatoms. The van der Waals surface area contributed by atoms with Crippen LogP contribution in [0.2, 0.25) is 5.15 Å². The fraction of sp³-hybridized carbons (Fsp3) is 0.182. The molecule has 0 aliphatic rings. The van der Waals surface area contributed by atoms with Crippen molar-refractivity contribution in [2.45, 2.75) is 6.18 Å². The lowest BCUT2D eigenvalue weighted by Crippen LogP contribution is -2.06. The molecule has 2 aromatic rings. The molecule has 0 radical (unpaired) electrons. The van der Waals surface area contributed by atoms with Crippen LogP contribution in [-0.2, 0) is 6.18 Å². The summed E-state index contributed by atoms with van der Waals surface area (Å²) in [6.07, 6.45) is -4.52. The minimum absolute atomic E-state index is 0.0266. The highest BCUT2D eigenvalue weighted by Crippen LogP contribution is 2.39. The molecule has 20 heavy (non-hydrogen) atoms. The van der Waals surface area contributed by atoms with Crippen molar-refractivity contribution in [2.24, 2.45) is 0 Å². The van der Waals surface area contributed by atoms with Gasteiger partial charge in [0.05, 0.1) is 16.0 Å². The first-order valence-corrected chi connectivity index (χ1v) is 5.66. The van der Waals surface area contributed by atoms with Crippen LogP contribution in [0.1, 0.15) is 5.56 Å². The van der Waals surface area contributed by atoms with E-state index in [0.717, 1.165) is 18.2 Å². The molecular weight excluding hydrogens is 299 g/mol. The molecule has 1 heterocycles. The molecular formula is C11H7ClF3N3O2. The van der Waals surface area contributed by atoms with Crippen LogP contribution in [0.25, 0.3) is 10.9 Å². The zero-order chi connectivity index (χ0) is 15.1. The van der Waals surface area contributed by atoms with Crippen LogP contribution in [0.3, 0.4) is 0 Å². The highest BCUT2D eigenvalue weighted by atomic mass is 35.5. The topological polar surface area (TPSA) is 68.1 Å². The fourth-order valence-electron chi connectivity index (χ4n) is 1.82. The van der Waals surface area contributed by atoms with E-state index < -0.39 is 27.5 Å². The molecule has 1 aromatic heterocycles. The van der Waals surface area contributed by atoms with Crippen molar-refractivity contribution in [1.29, 1.82) is 0 Å². The third kappa shape index (κ3) is 2.34. The number of nitro groups is 1. The molecule has 0 saturated carbocycles. The van der Waals surface area contributed by atoms with Crippen LogP contribution < -0.4 is 5.32 Å². The standard InChI is InChI=1S/C11H7ClF3N3O2/c1-16-8-6-3-2-5(11(13,14)15)4-7(6)17-10(12)9(8)18(19)20/h2-4H,1H3,(H,16,17). The van der Waals surface area contributed by atoms with Crippen LogP contribution >= 0.6 is 11.6 Å². The molecule has 0 aliphatic carbocycles. The maximum Gasteiger partial charge on any atom is 0.416 e. The molecule has 0 saturated heterocycles. The van der Waals surface area contributed by atoms with E-state index in [1.165, 1.54) is 7.05 Å². The Morgan fingerprint density at radius 1 is 1.40 bits per heavy atom. The lowest BCUT2D eigenvalue weighted by molar-refractivity contribution is -0.384. The number of hydrogen-bond acceptors (Lipinski definition) is 4. The zero-order valence-corrected chi connectivity index (χ0v) is 10.7. The van der Waals surface area contributed by atoms with Crippen molar-refractivity contribution in [3.05, 3.63) is 39.0 Å². The van der Waals surface area contributed by atoms with E-state index in [1.807, 2.05) is 0 Å². The number of alkyl halides is 3. The number of aromatic nitrogens is 1.